The van der Waals surface area contributed by atoms with Gasteiger partial charge in [-0.25, -0.2) is 8.42 Å². The zero-order valence-corrected chi connectivity index (χ0v) is 17.5. The quantitative estimate of drug-likeness (QED) is 0.735. The molecule has 0 radical (unpaired) electrons. The largest absolute Gasteiger partial charge is 0.435 e. The average Bonchev–Trinajstić information content (AvgIpc) is 2.87. The molecule has 1 unspecified atom stereocenters. The fourth-order valence-corrected chi connectivity index (χ4v) is 5.94. The van der Waals surface area contributed by atoms with Gasteiger partial charge in [-0.15, -0.1) is 0 Å². The van der Waals surface area contributed by atoms with Crippen molar-refractivity contribution in [1.29, 1.82) is 0 Å². The van der Waals surface area contributed by atoms with Crippen molar-refractivity contribution < 1.29 is 26.7 Å². The lowest BCUT2D eigenvalue weighted by Crippen LogP contribution is -2.58. The smallest absolute Gasteiger partial charge is 0.387 e. The minimum absolute atomic E-state index is 0.0166. The lowest BCUT2D eigenvalue weighted by molar-refractivity contribution is -0.0499. The van der Waals surface area contributed by atoms with E-state index in [0.29, 0.717) is 16.8 Å². The molecule has 1 atom stereocenters. The van der Waals surface area contributed by atoms with Gasteiger partial charge in [-0.05, 0) is 56.7 Å². The molecule has 1 fully saturated rings. The number of carbonyl (C=O) groups excluding carboxylic acids is 1. The van der Waals surface area contributed by atoms with E-state index < -0.39 is 22.2 Å². The molecule has 160 valence electrons. The van der Waals surface area contributed by atoms with Crippen LogP contribution in [-0.2, 0) is 15.6 Å². The van der Waals surface area contributed by atoms with Crippen molar-refractivity contribution in [2.24, 2.45) is 0 Å². The van der Waals surface area contributed by atoms with E-state index in [1.165, 1.54) is 29.4 Å². The predicted octanol–water partition coefficient (Wildman–Crippen LogP) is 2.68. The minimum Gasteiger partial charge on any atom is -0.435 e. The summed E-state index contributed by atoms with van der Waals surface area (Å²) < 4.78 is 57.2. The van der Waals surface area contributed by atoms with Crippen LogP contribution < -0.4 is 4.74 Å². The maximum absolute atomic E-state index is 13.3. The van der Waals surface area contributed by atoms with Gasteiger partial charge in [-0.1, -0.05) is 0 Å². The number of pyridine rings is 1. The SMILES string of the molecule is Cc1ccc2c(n1)C1(C)CN(S(=O)(=O)c3ccc(OC(F)F)cc3C)CCN1C2=O. The van der Waals surface area contributed by atoms with Gasteiger partial charge < -0.3 is 9.64 Å². The van der Waals surface area contributed by atoms with Crippen molar-refractivity contribution >= 4 is 15.9 Å². The number of halogens is 2. The number of piperazine rings is 1. The molecule has 1 aromatic heterocycles. The molecule has 1 amide bonds. The van der Waals surface area contributed by atoms with Crippen LogP contribution in [0.25, 0.3) is 0 Å². The van der Waals surface area contributed by atoms with Crippen LogP contribution in [0.2, 0.25) is 0 Å². The van der Waals surface area contributed by atoms with Crippen LogP contribution in [0.5, 0.6) is 5.75 Å². The molecule has 1 aromatic carbocycles. The highest BCUT2D eigenvalue weighted by atomic mass is 32.2. The number of hydrogen-bond acceptors (Lipinski definition) is 5. The third-order valence-corrected chi connectivity index (χ3v) is 7.67. The molecule has 2 aliphatic heterocycles. The number of rotatable bonds is 4. The molecule has 2 aliphatic rings. The first-order valence-corrected chi connectivity index (χ1v) is 10.8. The van der Waals surface area contributed by atoms with Gasteiger partial charge in [-0.2, -0.15) is 13.1 Å². The van der Waals surface area contributed by atoms with E-state index in [-0.39, 0.29) is 36.2 Å². The summed E-state index contributed by atoms with van der Waals surface area (Å²) in [5.41, 5.74) is 1.24. The van der Waals surface area contributed by atoms with E-state index in [0.717, 1.165) is 5.69 Å². The van der Waals surface area contributed by atoms with Crippen LogP contribution in [0.4, 0.5) is 8.78 Å². The summed E-state index contributed by atoms with van der Waals surface area (Å²) in [7, 11) is -3.92. The normalized spacial score (nSPS) is 21.7. The van der Waals surface area contributed by atoms with Gasteiger partial charge in [0.15, 0.2) is 0 Å². The van der Waals surface area contributed by atoms with E-state index in [4.69, 9.17) is 0 Å². The molecule has 1 saturated heterocycles. The highest BCUT2D eigenvalue weighted by Crippen LogP contribution is 2.41. The standard InChI is InChI=1S/C20H21F2N3O4S/c1-12-10-14(29-19(21)22)5-7-16(12)30(27,28)24-8-9-25-18(26)15-6-4-13(2)23-17(15)20(25,3)11-24/h4-7,10,19H,8-9,11H2,1-3H3. The molecule has 0 aliphatic carbocycles. The zero-order valence-electron chi connectivity index (χ0n) is 16.7. The number of alkyl halides is 2. The molecule has 10 heteroatoms. The lowest BCUT2D eigenvalue weighted by atomic mass is 9.95. The number of sulfonamides is 1. The van der Waals surface area contributed by atoms with E-state index in [1.54, 1.807) is 17.0 Å². The van der Waals surface area contributed by atoms with Gasteiger partial charge in [0.05, 0.1) is 21.7 Å². The van der Waals surface area contributed by atoms with Crippen molar-refractivity contribution in [2.75, 3.05) is 19.6 Å². The van der Waals surface area contributed by atoms with Gasteiger partial charge in [0, 0.05) is 25.3 Å². The van der Waals surface area contributed by atoms with Gasteiger partial charge in [-0.3, -0.25) is 9.78 Å². The summed E-state index contributed by atoms with van der Waals surface area (Å²) in [6.07, 6.45) is 0. The summed E-state index contributed by atoms with van der Waals surface area (Å²) >= 11 is 0. The van der Waals surface area contributed by atoms with Crippen LogP contribution in [0.3, 0.4) is 0 Å². The Labute approximate surface area is 173 Å². The predicted molar refractivity (Wildman–Crippen MR) is 104 cm³/mol. The van der Waals surface area contributed by atoms with E-state index in [1.807, 2.05) is 13.8 Å². The fourth-order valence-electron chi connectivity index (χ4n) is 4.21. The second-order valence-corrected chi connectivity index (χ2v) is 9.63. The Bertz CT molecular complexity index is 1140. The lowest BCUT2D eigenvalue weighted by Gasteiger charge is -2.44. The molecule has 7 nitrogen and oxygen atoms in total. The van der Waals surface area contributed by atoms with Crippen LogP contribution in [0, 0.1) is 13.8 Å². The monoisotopic (exact) mass is 437 g/mol. The number of aryl methyl sites for hydroxylation is 2. The van der Waals surface area contributed by atoms with Crippen LogP contribution in [0.15, 0.2) is 35.2 Å². The molecule has 30 heavy (non-hydrogen) atoms. The molecule has 3 heterocycles. The molecule has 0 saturated carbocycles. The molecule has 0 bridgehead atoms. The van der Waals surface area contributed by atoms with Crippen molar-refractivity contribution in [1.82, 2.24) is 14.2 Å². The highest BCUT2D eigenvalue weighted by molar-refractivity contribution is 7.89. The zero-order chi connectivity index (χ0) is 21.8. The van der Waals surface area contributed by atoms with E-state index in [2.05, 4.69) is 9.72 Å². The summed E-state index contributed by atoms with van der Waals surface area (Å²) in [4.78, 5) is 19.0. The Morgan fingerprint density at radius 2 is 1.90 bits per heavy atom. The van der Waals surface area contributed by atoms with Crippen molar-refractivity contribution in [3.63, 3.8) is 0 Å². The number of nitrogens with zero attached hydrogens (tertiary/aromatic N) is 3. The summed E-state index contributed by atoms with van der Waals surface area (Å²) in [5, 5.41) is 0. The summed E-state index contributed by atoms with van der Waals surface area (Å²) in [6.45, 7) is 2.59. The second kappa shape index (κ2) is 6.98. The molecule has 4 rings (SSSR count). The number of benzene rings is 1. The Balaban J connectivity index is 1.69. The Morgan fingerprint density at radius 1 is 1.17 bits per heavy atom. The minimum atomic E-state index is -3.92. The molecule has 0 N–H and O–H groups in total. The maximum Gasteiger partial charge on any atom is 0.387 e. The van der Waals surface area contributed by atoms with Gasteiger partial charge in [0.25, 0.3) is 5.91 Å². The summed E-state index contributed by atoms with van der Waals surface area (Å²) in [5.74, 6) is -0.255. The fraction of sp³-hybridized carbons (Fsp3) is 0.400. The Kier molecular flexibility index (Phi) is 4.81. The Hall–Kier alpha value is -2.59. The van der Waals surface area contributed by atoms with Crippen LogP contribution >= 0.6 is 0 Å². The second-order valence-electron chi connectivity index (χ2n) is 7.72. The first-order chi connectivity index (χ1) is 14.0. The van der Waals surface area contributed by atoms with Crippen LogP contribution in [-0.4, -0.2) is 54.8 Å². The molecule has 2 aromatic rings. The van der Waals surface area contributed by atoms with Gasteiger partial charge in [0.1, 0.15) is 5.75 Å². The number of amides is 1. The number of hydrogen-bond donors (Lipinski definition) is 0. The summed E-state index contributed by atoms with van der Waals surface area (Å²) in [6, 6.07) is 7.25. The first kappa shape index (κ1) is 20.7. The van der Waals surface area contributed by atoms with Crippen LogP contribution in [0.1, 0.15) is 34.2 Å². The maximum atomic E-state index is 13.3. The number of fused-ring (bicyclic) bond motifs is 3. The number of aromatic nitrogens is 1. The van der Waals surface area contributed by atoms with Crippen molar-refractivity contribution in [3.05, 3.63) is 52.8 Å². The highest BCUT2D eigenvalue weighted by Gasteiger charge is 2.52. The van der Waals surface area contributed by atoms with Gasteiger partial charge in [0.2, 0.25) is 10.0 Å². The van der Waals surface area contributed by atoms with Crippen molar-refractivity contribution in [3.8, 4) is 5.75 Å². The van der Waals surface area contributed by atoms with E-state index in [9.17, 15) is 22.0 Å². The third-order valence-electron chi connectivity index (χ3n) is 5.66. The number of carbonyl (C=O) groups is 1. The third kappa shape index (κ3) is 3.14. The molecule has 0 spiro atoms. The first-order valence-electron chi connectivity index (χ1n) is 9.40. The van der Waals surface area contributed by atoms with Crippen molar-refractivity contribution in [2.45, 2.75) is 37.8 Å². The van der Waals surface area contributed by atoms with Gasteiger partial charge >= 0.3 is 6.61 Å². The average molecular weight is 437 g/mol. The Morgan fingerprint density at radius 3 is 2.57 bits per heavy atom. The molecular weight excluding hydrogens is 416 g/mol. The number of ether oxygens (including phenoxy) is 1. The molecular formula is C20H21F2N3O4S. The topological polar surface area (TPSA) is 79.8 Å². The van der Waals surface area contributed by atoms with E-state index >= 15 is 0 Å².